The monoisotopic (exact) mass is 578 g/mol. The van der Waals surface area contributed by atoms with E-state index in [1.54, 1.807) is 40.0 Å². The number of ether oxygens (including phenoxy) is 2. The molecule has 10 nitrogen and oxygen atoms in total. The van der Waals surface area contributed by atoms with Crippen LogP contribution < -0.4 is 10.2 Å². The van der Waals surface area contributed by atoms with Crippen LogP contribution in [0.4, 0.5) is 19.8 Å². The highest BCUT2D eigenvalue weighted by Crippen LogP contribution is 2.45. The minimum atomic E-state index is -0.600. The highest BCUT2D eigenvalue weighted by atomic mass is 19.1. The first-order valence-electron chi connectivity index (χ1n) is 14.3. The SMILES string of the molecule is Cc1c(F)cc(N2CCN(C(=O)OC(C)(C)C)C3(CC3)C2)nc1-c1ccc2cnc(CNC(=O)OC(C)(C)C)cc2n1. The second-order valence-electron chi connectivity index (χ2n) is 13.1. The Kier molecular flexibility index (Phi) is 7.49. The molecule has 0 bridgehead atoms. The van der Waals surface area contributed by atoms with Crippen molar-refractivity contribution in [3.63, 3.8) is 0 Å². The van der Waals surface area contributed by atoms with E-state index in [1.807, 2.05) is 42.7 Å². The number of nitrogens with one attached hydrogen (secondary N) is 1. The molecule has 1 N–H and O–H groups in total. The number of piperazine rings is 1. The molecule has 42 heavy (non-hydrogen) atoms. The summed E-state index contributed by atoms with van der Waals surface area (Å²) < 4.78 is 26.3. The number of nitrogens with zero attached hydrogens (tertiary/aromatic N) is 5. The van der Waals surface area contributed by atoms with Gasteiger partial charge in [-0.3, -0.25) is 9.88 Å². The van der Waals surface area contributed by atoms with Crippen LogP contribution in [0.3, 0.4) is 0 Å². The molecule has 0 radical (unpaired) electrons. The second-order valence-corrected chi connectivity index (χ2v) is 13.1. The van der Waals surface area contributed by atoms with Crippen LogP contribution in [0.2, 0.25) is 0 Å². The number of hydrogen-bond donors (Lipinski definition) is 1. The predicted molar refractivity (Wildman–Crippen MR) is 158 cm³/mol. The van der Waals surface area contributed by atoms with Gasteiger partial charge in [-0.15, -0.1) is 0 Å². The Morgan fingerprint density at radius 1 is 1.02 bits per heavy atom. The van der Waals surface area contributed by atoms with Crippen molar-refractivity contribution in [3.05, 3.63) is 47.5 Å². The van der Waals surface area contributed by atoms with Gasteiger partial charge in [-0.25, -0.2) is 23.9 Å². The van der Waals surface area contributed by atoms with E-state index < -0.39 is 17.3 Å². The van der Waals surface area contributed by atoms with Crippen molar-refractivity contribution in [1.82, 2.24) is 25.2 Å². The van der Waals surface area contributed by atoms with Gasteiger partial charge < -0.3 is 19.7 Å². The molecule has 2 amide bonds. The lowest BCUT2D eigenvalue weighted by atomic mass is 10.1. The number of anilines is 1. The lowest BCUT2D eigenvalue weighted by molar-refractivity contribution is 0.0106. The third kappa shape index (κ3) is 6.55. The molecule has 1 saturated heterocycles. The molecular weight excluding hydrogens is 539 g/mol. The van der Waals surface area contributed by atoms with Crippen molar-refractivity contribution >= 4 is 28.9 Å². The molecule has 5 rings (SSSR count). The number of carbonyl (C=O) groups excluding carboxylic acids is 2. The normalized spacial score (nSPS) is 16.5. The van der Waals surface area contributed by atoms with E-state index in [1.165, 1.54) is 6.07 Å². The van der Waals surface area contributed by atoms with Crippen LogP contribution in [0.15, 0.2) is 30.5 Å². The zero-order valence-corrected chi connectivity index (χ0v) is 25.4. The number of alkyl carbamates (subject to hydrolysis) is 1. The summed E-state index contributed by atoms with van der Waals surface area (Å²) in [5.41, 5.74) is 1.17. The average molecular weight is 579 g/mol. The molecule has 11 heteroatoms. The van der Waals surface area contributed by atoms with Gasteiger partial charge in [0.15, 0.2) is 0 Å². The van der Waals surface area contributed by atoms with Gasteiger partial charge in [0.05, 0.1) is 34.7 Å². The highest BCUT2D eigenvalue weighted by Gasteiger charge is 2.54. The largest absolute Gasteiger partial charge is 0.444 e. The van der Waals surface area contributed by atoms with E-state index in [0.29, 0.717) is 53.6 Å². The molecule has 0 unspecified atom stereocenters. The maximum atomic E-state index is 15.3. The second kappa shape index (κ2) is 10.7. The lowest BCUT2D eigenvalue weighted by Gasteiger charge is -2.43. The van der Waals surface area contributed by atoms with Crippen LogP contribution in [-0.4, -0.2) is 68.4 Å². The first-order chi connectivity index (χ1) is 19.6. The van der Waals surface area contributed by atoms with E-state index in [-0.39, 0.29) is 24.0 Å². The summed E-state index contributed by atoms with van der Waals surface area (Å²) >= 11 is 0. The predicted octanol–water partition coefficient (Wildman–Crippen LogP) is 5.75. The molecule has 1 aliphatic carbocycles. The standard InChI is InChI=1S/C31H39FN6O4/c1-19-22(32)15-25(37-12-13-38(31(18-37)10-11-31)28(40)42-30(5,6)7)36-26(19)23-9-8-20-16-33-21(14-24(20)35-23)17-34-27(39)41-29(2,3)4/h8-9,14-16H,10-13,17-18H2,1-7H3,(H,34,39). The summed E-state index contributed by atoms with van der Waals surface area (Å²) in [4.78, 5) is 42.9. The maximum absolute atomic E-state index is 15.3. The fourth-order valence-corrected chi connectivity index (χ4v) is 5.09. The summed E-state index contributed by atoms with van der Waals surface area (Å²) in [5, 5.41) is 3.52. The Bertz CT molecular complexity index is 1530. The number of halogens is 1. The minimum absolute atomic E-state index is 0.176. The molecular formula is C31H39FN6O4. The Balaban J connectivity index is 1.37. The van der Waals surface area contributed by atoms with Crippen LogP contribution in [0.25, 0.3) is 22.3 Å². The Morgan fingerprint density at radius 2 is 1.74 bits per heavy atom. The van der Waals surface area contributed by atoms with Gasteiger partial charge in [-0.1, -0.05) is 0 Å². The van der Waals surface area contributed by atoms with Crippen LogP contribution in [0.1, 0.15) is 65.6 Å². The number of rotatable bonds is 4. The van der Waals surface area contributed by atoms with Crippen molar-refractivity contribution in [2.75, 3.05) is 24.5 Å². The number of aromatic nitrogens is 3. The number of fused-ring (bicyclic) bond motifs is 1. The molecule has 224 valence electrons. The molecule has 4 heterocycles. The zero-order valence-electron chi connectivity index (χ0n) is 25.4. The zero-order chi connectivity index (χ0) is 30.4. The van der Waals surface area contributed by atoms with E-state index in [4.69, 9.17) is 19.4 Å². The summed E-state index contributed by atoms with van der Waals surface area (Å²) in [5.74, 6) is 0.149. The Hall–Kier alpha value is -4.02. The van der Waals surface area contributed by atoms with Gasteiger partial charge in [-0.2, -0.15) is 0 Å². The van der Waals surface area contributed by atoms with Gasteiger partial charge in [0.25, 0.3) is 0 Å². The smallest absolute Gasteiger partial charge is 0.410 e. The van der Waals surface area contributed by atoms with Crippen LogP contribution in [0, 0.1) is 12.7 Å². The summed E-state index contributed by atoms with van der Waals surface area (Å²) in [6, 6.07) is 6.94. The maximum Gasteiger partial charge on any atom is 0.410 e. The summed E-state index contributed by atoms with van der Waals surface area (Å²) in [6.45, 7) is 14.4. The quantitative estimate of drug-likeness (QED) is 0.417. The molecule has 0 aromatic carbocycles. The van der Waals surface area contributed by atoms with Crippen molar-refractivity contribution in [2.24, 2.45) is 0 Å². The van der Waals surface area contributed by atoms with E-state index in [9.17, 15) is 9.59 Å². The van der Waals surface area contributed by atoms with Crippen molar-refractivity contribution in [3.8, 4) is 11.4 Å². The van der Waals surface area contributed by atoms with Crippen LogP contribution in [0.5, 0.6) is 0 Å². The fourth-order valence-electron chi connectivity index (χ4n) is 5.09. The molecule has 2 fully saturated rings. The highest BCUT2D eigenvalue weighted by molar-refractivity contribution is 5.81. The topological polar surface area (TPSA) is 110 Å². The molecule has 1 aliphatic heterocycles. The summed E-state index contributed by atoms with van der Waals surface area (Å²) in [7, 11) is 0. The number of carbonyl (C=O) groups is 2. The number of amides is 2. The lowest BCUT2D eigenvalue weighted by Crippen LogP contribution is -2.58. The molecule has 1 spiro atoms. The third-order valence-corrected chi connectivity index (χ3v) is 7.30. The first-order valence-corrected chi connectivity index (χ1v) is 14.3. The van der Waals surface area contributed by atoms with Crippen molar-refractivity contribution < 1.29 is 23.5 Å². The minimum Gasteiger partial charge on any atom is -0.444 e. The number of hydrogen-bond acceptors (Lipinski definition) is 8. The fraction of sp³-hybridized carbons (Fsp3) is 0.516. The van der Waals surface area contributed by atoms with Gasteiger partial charge in [-0.05, 0) is 79.5 Å². The van der Waals surface area contributed by atoms with Crippen molar-refractivity contribution in [1.29, 1.82) is 0 Å². The molecule has 3 aromatic heterocycles. The summed E-state index contributed by atoms with van der Waals surface area (Å²) in [6.07, 6.45) is 2.59. The van der Waals surface area contributed by atoms with Gasteiger partial charge >= 0.3 is 12.2 Å². The Morgan fingerprint density at radius 3 is 2.40 bits per heavy atom. The van der Waals surface area contributed by atoms with E-state index >= 15 is 4.39 Å². The molecule has 0 atom stereocenters. The molecule has 3 aromatic rings. The van der Waals surface area contributed by atoms with Crippen molar-refractivity contribution in [2.45, 2.75) is 84.6 Å². The number of pyridine rings is 3. The van der Waals surface area contributed by atoms with Crippen LogP contribution in [-0.2, 0) is 16.0 Å². The van der Waals surface area contributed by atoms with E-state index in [2.05, 4.69) is 10.3 Å². The van der Waals surface area contributed by atoms with Crippen LogP contribution >= 0.6 is 0 Å². The van der Waals surface area contributed by atoms with E-state index in [0.717, 1.165) is 18.2 Å². The third-order valence-electron chi connectivity index (χ3n) is 7.30. The average Bonchev–Trinajstić information content (AvgIpc) is 3.65. The molecule has 2 aliphatic rings. The van der Waals surface area contributed by atoms with Gasteiger partial charge in [0.1, 0.15) is 22.8 Å². The first kappa shape index (κ1) is 29.5. The molecule has 1 saturated carbocycles. The van der Waals surface area contributed by atoms with Gasteiger partial charge in [0, 0.05) is 42.8 Å². The van der Waals surface area contributed by atoms with Gasteiger partial charge in [0.2, 0.25) is 0 Å². The Labute approximate surface area is 245 Å².